The Morgan fingerprint density at radius 1 is 0.949 bits per heavy atom. The number of hydrogen-bond donors (Lipinski definition) is 1. The third kappa shape index (κ3) is 6.06. The van der Waals surface area contributed by atoms with Gasteiger partial charge in [-0.2, -0.15) is 0 Å². The van der Waals surface area contributed by atoms with Gasteiger partial charge in [0.2, 0.25) is 0 Å². The molecule has 39 heavy (non-hydrogen) atoms. The number of rotatable bonds is 4. The van der Waals surface area contributed by atoms with Gasteiger partial charge in [0, 0.05) is 80.9 Å². The quantitative estimate of drug-likeness (QED) is 0.477. The number of nitrogens with two attached hydrogens (primary N) is 1. The van der Waals surface area contributed by atoms with Crippen LogP contribution >= 0.6 is 0 Å². The number of ether oxygens (including phenoxy) is 1. The fourth-order valence-electron chi connectivity index (χ4n) is 5.82. The van der Waals surface area contributed by atoms with Crippen molar-refractivity contribution in [3.8, 4) is 0 Å². The number of nitrogens with zero attached hydrogens (tertiary/aromatic N) is 5. The Labute approximate surface area is 232 Å². The van der Waals surface area contributed by atoms with E-state index in [0.717, 1.165) is 49.3 Å². The van der Waals surface area contributed by atoms with E-state index in [2.05, 4.69) is 69.9 Å². The van der Waals surface area contributed by atoms with Crippen LogP contribution in [-0.4, -0.2) is 77.8 Å². The first-order chi connectivity index (χ1) is 18.6. The molecule has 5 rings (SSSR count). The number of carbonyl (C=O) groups is 1. The molecule has 8 nitrogen and oxygen atoms in total. The average Bonchev–Trinajstić information content (AvgIpc) is 2.90. The number of piperazine rings is 2. The highest BCUT2D eigenvalue weighted by atomic mass is 16.6. The normalized spacial score (nSPS) is 20.9. The van der Waals surface area contributed by atoms with Crippen LogP contribution in [0, 0.1) is 0 Å². The topological polar surface area (TPSA) is 78.2 Å². The lowest BCUT2D eigenvalue weighted by molar-refractivity contribution is 0.0240. The Morgan fingerprint density at radius 2 is 1.62 bits per heavy atom. The Morgan fingerprint density at radius 3 is 2.26 bits per heavy atom. The first kappa shape index (κ1) is 27.1. The first-order valence-corrected chi connectivity index (χ1v) is 14.0. The van der Waals surface area contributed by atoms with Crippen molar-refractivity contribution < 1.29 is 9.53 Å². The predicted molar refractivity (Wildman–Crippen MR) is 159 cm³/mol. The Balaban J connectivity index is 1.19. The van der Waals surface area contributed by atoms with E-state index in [0.29, 0.717) is 25.2 Å². The zero-order valence-corrected chi connectivity index (χ0v) is 23.9. The monoisotopic (exact) mass is 530 g/mol. The average molecular weight is 531 g/mol. The van der Waals surface area contributed by atoms with Crippen LogP contribution in [0.3, 0.4) is 0 Å². The molecule has 0 spiro atoms. The van der Waals surface area contributed by atoms with Crippen molar-refractivity contribution in [1.82, 2.24) is 14.8 Å². The second-order valence-corrected chi connectivity index (χ2v) is 12.0. The molecule has 1 aromatic heterocycles. The van der Waals surface area contributed by atoms with Crippen LogP contribution in [-0.2, 0) is 11.3 Å². The molecule has 3 heterocycles. The molecule has 2 saturated heterocycles. The van der Waals surface area contributed by atoms with Crippen molar-refractivity contribution in [3.63, 3.8) is 0 Å². The number of anilines is 3. The number of nitrogen functional groups attached to an aromatic ring is 1. The van der Waals surface area contributed by atoms with Crippen molar-refractivity contribution in [2.45, 2.75) is 58.8 Å². The number of aromatic nitrogens is 1. The zero-order chi connectivity index (χ0) is 27.7. The maximum Gasteiger partial charge on any atom is 0.410 e. The van der Waals surface area contributed by atoms with E-state index in [1.807, 2.05) is 37.8 Å². The van der Waals surface area contributed by atoms with E-state index < -0.39 is 5.60 Å². The first-order valence-electron chi connectivity index (χ1n) is 14.0. The number of amides is 1. The highest BCUT2D eigenvalue weighted by molar-refractivity contribution is 5.98. The molecule has 3 aromatic rings. The zero-order valence-electron chi connectivity index (χ0n) is 23.9. The summed E-state index contributed by atoms with van der Waals surface area (Å²) in [4.78, 5) is 26.1. The second-order valence-electron chi connectivity index (χ2n) is 12.0. The lowest BCUT2D eigenvalue weighted by Gasteiger charge is -2.45. The number of carbonyl (C=O) groups excluding carboxylic acids is 1. The minimum Gasteiger partial charge on any atom is -0.444 e. The van der Waals surface area contributed by atoms with Gasteiger partial charge in [-0.3, -0.25) is 9.88 Å². The molecule has 1 amide bonds. The van der Waals surface area contributed by atoms with Crippen molar-refractivity contribution in [1.29, 1.82) is 0 Å². The third-order valence-corrected chi connectivity index (χ3v) is 7.82. The molecule has 2 aliphatic heterocycles. The molecule has 2 aliphatic rings. The number of hydrogen-bond acceptors (Lipinski definition) is 7. The molecule has 0 unspecified atom stereocenters. The highest BCUT2D eigenvalue weighted by Gasteiger charge is 2.31. The molecule has 0 aliphatic carbocycles. The van der Waals surface area contributed by atoms with Crippen molar-refractivity contribution >= 4 is 34.1 Å². The smallest absolute Gasteiger partial charge is 0.410 e. The van der Waals surface area contributed by atoms with Gasteiger partial charge >= 0.3 is 6.09 Å². The second kappa shape index (κ2) is 10.9. The largest absolute Gasteiger partial charge is 0.444 e. The molecule has 0 saturated carbocycles. The van der Waals surface area contributed by atoms with E-state index in [4.69, 9.17) is 10.5 Å². The lowest BCUT2D eigenvalue weighted by atomic mass is 10.0. The summed E-state index contributed by atoms with van der Waals surface area (Å²) in [5.74, 6) is 0. The number of pyridine rings is 1. The van der Waals surface area contributed by atoms with E-state index in [1.54, 1.807) is 6.20 Å². The lowest BCUT2D eigenvalue weighted by Crippen LogP contribution is -2.56. The van der Waals surface area contributed by atoms with Gasteiger partial charge in [-0.05, 0) is 76.6 Å². The van der Waals surface area contributed by atoms with Gasteiger partial charge in [-0.15, -0.1) is 0 Å². The summed E-state index contributed by atoms with van der Waals surface area (Å²) in [7, 11) is 0. The van der Waals surface area contributed by atoms with Crippen LogP contribution in [0.2, 0.25) is 0 Å². The van der Waals surface area contributed by atoms with Gasteiger partial charge < -0.3 is 25.2 Å². The number of benzene rings is 2. The molecular formula is C31H42N6O2. The summed E-state index contributed by atoms with van der Waals surface area (Å²) in [6.07, 6.45) is 1.59. The summed E-state index contributed by atoms with van der Waals surface area (Å²) in [6.45, 7) is 16.2. The van der Waals surface area contributed by atoms with Gasteiger partial charge in [0.15, 0.2) is 0 Å². The summed E-state index contributed by atoms with van der Waals surface area (Å²) in [5.41, 5.74) is 11.1. The minimum atomic E-state index is -0.465. The van der Waals surface area contributed by atoms with E-state index >= 15 is 0 Å². The van der Waals surface area contributed by atoms with Gasteiger partial charge in [0.05, 0.1) is 11.2 Å². The van der Waals surface area contributed by atoms with E-state index in [1.165, 1.54) is 16.9 Å². The van der Waals surface area contributed by atoms with Crippen molar-refractivity contribution in [3.05, 3.63) is 60.3 Å². The van der Waals surface area contributed by atoms with Crippen molar-refractivity contribution in [2.75, 3.05) is 54.8 Å². The molecule has 2 fully saturated rings. The molecule has 2 atom stereocenters. The van der Waals surface area contributed by atoms with Gasteiger partial charge in [0.25, 0.3) is 0 Å². The third-order valence-electron chi connectivity index (χ3n) is 7.82. The van der Waals surface area contributed by atoms with Crippen LogP contribution in [0.4, 0.5) is 21.9 Å². The van der Waals surface area contributed by atoms with Gasteiger partial charge in [0.1, 0.15) is 5.60 Å². The van der Waals surface area contributed by atoms with Gasteiger partial charge in [-0.25, -0.2) is 4.79 Å². The Bertz CT molecular complexity index is 1280. The molecule has 2 N–H and O–H groups in total. The van der Waals surface area contributed by atoms with E-state index in [-0.39, 0.29) is 6.09 Å². The fraction of sp³-hybridized carbons (Fsp3) is 0.484. The van der Waals surface area contributed by atoms with Crippen LogP contribution in [0.15, 0.2) is 54.7 Å². The van der Waals surface area contributed by atoms with Crippen LogP contribution in [0.5, 0.6) is 0 Å². The summed E-state index contributed by atoms with van der Waals surface area (Å²) < 4.78 is 5.53. The molecule has 8 heteroatoms. The SMILES string of the molecule is C[C@@H]1CN(c2ccc(N)c3ncccc23)C[C@H](C)N1Cc1ccc(N2CCN(C(=O)OC(C)(C)C)CC2)cc1. The standard InChI is InChI=1S/C31H42N6O2/c1-22-19-36(28-13-12-27(32)29-26(28)7-6-14-33-29)20-23(2)37(22)21-24-8-10-25(11-9-24)34-15-17-35(18-16-34)30(38)39-31(3,4)5/h6-14,22-23H,15-21,32H2,1-5H3/t22-,23+. The Hall–Kier alpha value is -3.52. The van der Waals surface area contributed by atoms with E-state index in [9.17, 15) is 4.79 Å². The molecular weight excluding hydrogens is 488 g/mol. The summed E-state index contributed by atoms with van der Waals surface area (Å²) in [6, 6.07) is 18.0. The molecule has 208 valence electrons. The minimum absolute atomic E-state index is 0.220. The maximum absolute atomic E-state index is 12.4. The van der Waals surface area contributed by atoms with Crippen molar-refractivity contribution in [2.24, 2.45) is 0 Å². The number of fused-ring (bicyclic) bond motifs is 1. The van der Waals surface area contributed by atoms with Gasteiger partial charge in [-0.1, -0.05) is 12.1 Å². The highest BCUT2D eigenvalue weighted by Crippen LogP contribution is 2.32. The fourth-order valence-corrected chi connectivity index (χ4v) is 5.82. The van der Waals surface area contributed by atoms with Crippen LogP contribution < -0.4 is 15.5 Å². The molecule has 0 radical (unpaired) electrons. The molecule has 2 aromatic carbocycles. The summed E-state index contributed by atoms with van der Waals surface area (Å²) in [5, 5.41) is 1.12. The maximum atomic E-state index is 12.4. The van der Waals surface area contributed by atoms with Crippen LogP contribution in [0.1, 0.15) is 40.2 Å². The molecule has 0 bridgehead atoms. The summed E-state index contributed by atoms with van der Waals surface area (Å²) >= 11 is 0. The predicted octanol–water partition coefficient (Wildman–Crippen LogP) is 4.97. The Kier molecular flexibility index (Phi) is 7.58. The van der Waals surface area contributed by atoms with Crippen LogP contribution in [0.25, 0.3) is 10.9 Å².